The standard InChI is InChI=1S/C19H21F3N2O3S/c20-19(21,22)27-15-5-3-14(4-6-15)12-18(25)23-13-16(17-2-1-11-28-17)24-7-9-26-10-8-24/h1-6,11,16H,7-10,12-13H2,(H,23,25)/t16-/m1/s1. The van der Waals surface area contributed by atoms with E-state index in [0.717, 1.165) is 13.1 Å². The molecule has 1 aromatic heterocycles. The molecule has 2 aromatic rings. The number of hydrogen-bond acceptors (Lipinski definition) is 5. The summed E-state index contributed by atoms with van der Waals surface area (Å²) in [4.78, 5) is 15.8. The predicted octanol–water partition coefficient (Wildman–Crippen LogP) is 3.38. The first-order chi connectivity index (χ1) is 13.4. The number of nitrogens with zero attached hydrogens (tertiary/aromatic N) is 1. The van der Waals surface area contributed by atoms with Gasteiger partial charge in [-0.2, -0.15) is 0 Å². The van der Waals surface area contributed by atoms with Crippen LogP contribution >= 0.6 is 11.3 Å². The summed E-state index contributed by atoms with van der Waals surface area (Å²) in [5.74, 6) is -0.485. The summed E-state index contributed by atoms with van der Waals surface area (Å²) in [6, 6.07) is 9.45. The van der Waals surface area contributed by atoms with Crippen molar-refractivity contribution in [1.29, 1.82) is 0 Å². The second kappa shape index (κ2) is 9.40. The number of halogens is 3. The van der Waals surface area contributed by atoms with Crippen LogP contribution < -0.4 is 10.1 Å². The third kappa shape index (κ3) is 6.22. The first-order valence-corrected chi connectivity index (χ1v) is 9.75. The third-order valence-corrected chi connectivity index (χ3v) is 5.35. The van der Waals surface area contributed by atoms with Gasteiger partial charge < -0.3 is 14.8 Å². The largest absolute Gasteiger partial charge is 0.573 e. The number of rotatable bonds is 7. The molecule has 5 nitrogen and oxygen atoms in total. The van der Waals surface area contributed by atoms with Gasteiger partial charge in [0.25, 0.3) is 0 Å². The predicted molar refractivity (Wildman–Crippen MR) is 99.3 cm³/mol. The highest BCUT2D eigenvalue weighted by Crippen LogP contribution is 2.26. The van der Waals surface area contributed by atoms with E-state index < -0.39 is 6.36 Å². The van der Waals surface area contributed by atoms with Crippen LogP contribution in [0.25, 0.3) is 0 Å². The van der Waals surface area contributed by atoms with Gasteiger partial charge in [0.05, 0.1) is 25.7 Å². The van der Waals surface area contributed by atoms with Gasteiger partial charge in [-0.05, 0) is 29.1 Å². The van der Waals surface area contributed by atoms with Crippen molar-refractivity contribution in [3.05, 3.63) is 52.2 Å². The van der Waals surface area contributed by atoms with Crippen LogP contribution in [-0.4, -0.2) is 50.0 Å². The van der Waals surface area contributed by atoms with Crippen molar-refractivity contribution < 1.29 is 27.4 Å². The lowest BCUT2D eigenvalue weighted by molar-refractivity contribution is -0.274. The number of ether oxygens (including phenoxy) is 2. The lowest BCUT2D eigenvalue weighted by atomic mass is 10.1. The highest BCUT2D eigenvalue weighted by atomic mass is 32.1. The molecule has 1 saturated heterocycles. The first-order valence-electron chi connectivity index (χ1n) is 8.87. The Bertz CT molecular complexity index is 745. The zero-order valence-electron chi connectivity index (χ0n) is 15.1. The van der Waals surface area contributed by atoms with E-state index in [-0.39, 0.29) is 24.1 Å². The lowest BCUT2D eigenvalue weighted by Crippen LogP contribution is -2.43. The summed E-state index contributed by atoms with van der Waals surface area (Å²) in [7, 11) is 0. The molecular formula is C19H21F3N2O3S. The highest BCUT2D eigenvalue weighted by molar-refractivity contribution is 7.10. The SMILES string of the molecule is O=C(Cc1ccc(OC(F)(F)F)cc1)NC[C@H](c1cccs1)N1CCOCC1. The maximum atomic E-state index is 12.3. The zero-order chi connectivity index (χ0) is 20.0. The average Bonchev–Trinajstić information content (AvgIpc) is 3.18. The minimum Gasteiger partial charge on any atom is -0.406 e. The van der Waals surface area contributed by atoms with Crippen LogP contribution in [0.3, 0.4) is 0 Å². The molecule has 152 valence electrons. The lowest BCUT2D eigenvalue weighted by Gasteiger charge is -2.34. The van der Waals surface area contributed by atoms with E-state index in [1.807, 2.05) is 11.4 Å². The van der Waals surface area contributed by atoms with E-state index in [9.17, 15) is 18.0 Å². The number of carbonyl (C=O) groups is 1. The number of thiophene rings is 1. The molecule has 0 aliphatic carbocycles. The molecule has 9 heteroatoms. The Balaban J connectivity index is 1.54. The Morgan fingerprint density at radius 1 is 1.21 bits per heavy atom. The van der Waals surface area contributed by atoms with E-state index in [0.29, 0.717) is 25.3 Å². The van der Waals surface area contributed by atoms with Crippen molar-refractivity contribution in [2.75, 3.05) is 32.8 Å². The Kier molecular flexibility index (Phi) is 6.93. The van der Waals surface area contributed by atoms with Gasteiger partial charge in [0.2, 0.25) is 5.91 Å². The van der Waals surface area contributed by atoms with Crippen LogP contribution in [0.5, 0.6) is 5.75 Å². The second-order valence-electron chi connectivity index (χ2n) is 6.35. The molecule has 0 unspecified atom stereocenters. The minimum absolute atomic E-state index is 0.0791. The molecule has 0 spiro atoms. The summed E-state index contributed by atoms with van der Waals surface area (Å²) in [5.41, 5.74) is 0.617. The number of nitrogens with one attached hydrogen (secondary N) is 1. The quantitative estimate of drug-likeness (QED) is 0.755. The molecule has 0 bridgehead atoms. The summed E-state index contributed by atoms with van der Waals surface area (Å²) in [5, 5.41) is 4.95. The summed E-state index contributed by atoms with van der Waals surface area (Å²) < 4.78 is 45.8. The van der Waals surface area contributed by atoms with Gasteiger partial charge in [0, 0.05) is 24.5 Å². The highest BCUT2D eigenvalue weighted by Gasteiger charge is 2.31. The number of morpholine rings is 1. The van der Waals surface area contributed by atoms with Crippen molar-refractivity contribution in [2.45, 2.75) is 18.8 Å². The van der Waals surface area contributed by atoms with Gasteiger partial charge >= 0.3 is 6.36 Å². The van der Waals surface area contributed by atoms with Gasteiger partial charge in [-0.3, -0.25) is 9.69 Å². The van der Waals surface area contributed by atoms with Crippen molar-refractivity contribution in [3.63, 3.8) is 0 Å². The number of carbonyl (C=O) groups excluding carboxylic acids is 1. The van der Waals surface area contributed by atoms with Crippen LogP contribution in [0.2, 0.25) is 0 Å². The molecule has 1 aliphatic heterocycles. The van der Waals surface area contributed by atoms with Crippen LogP contribution in [0, 0.1) is 0 Å². The first kappa shape index (κ1) is 20.6. The maximum Gasteiger partial charge on any atom is 0.573 e. The Morgan fingerprint density at radius 3 is 2.54 bits per heavy atom. The summed E-state index contributed by atoms with van der Waals surface area (Å²) in [6.45, 7) is 3.41. The number of amides is 1. The average molecular weight is 414 g/mol. The fraction of sp³-hybridized carbons (Fsp3) is 0.421. The van der Waals surface area contributed by atoms with Crippen molar-refractivity contribution in [1.82, 2.24) is 10.2 Å². The van der Waals surface area contributed by atoms with E-state index in [2.05, 4.69) is 21.0 Å². The maximum absolute atomic E-state index is 12.3. The molecule has 2 heterocycles. The van der Waals surface area contributed by atoms with Gasteiger partial charge in [0.15, 0.2) is 0 Å². The van der Waals surface area contributed by atoms with Crippen LogP contribution in [0.1, 0.15) is 16.5 Å². The summed E-state index contributed by atoms with van der Waals surface area (Å²) >= 11 is 1.65. The molecular weight excluding hydrogens is 393 g/mol. The van der Waals surface area contributed by atoms with E-state index >= 15 is 0 Å². The number of alkyl halides is 3. The van der Waals surface area contributed by atoms with Crippen molar-refractivity contribution in [2.24, 2.45) is 0 Å². The molecule has 0 saturated carbocycles. The van der Waals surface area contributed by atoms with E-state index in [4.69, 9.17) is 4.74 Å². The Morgan fingerprint density at radius 2 is 1.93 bits per heavy atom. The molecule has 1 atom stereocenters. The molecule has 1 aliphatic rings. The second-order valence-corrected chi connectivity index (χ2v) is 7.33. The fourth-order valence-electron chi connectivity index (χ4n) is 3.05. The molecule has 1 fully saturated rings. The smallest absolute Gasteiger partial charge is 0.406 e. The third-order valence-electron chi connectivity index (χ3n) is 4.37. The van der Waals surface area contributed by atoms with Crippen LogP contribution in [0.15, 0.2) is 41.8 Å². The fourth-order valence-corrected chi connectivity index (χ4v) is 3.91. The van der Waals surface area contributed by atoms with Crippen molar-refractivity contribution in [3.8, 4) is 5.75 Å². The van der Waals surface area contributed by atoms with E-state index in [1.54, 1.807) is 11.3 Å². The number of hydrogen-bond donors (Lipinski definition) is 1. The molecule has 3 rings (SSSR count). The molecule has 1 amide bonds. The summed E-state index contributed by atoms with van der Waals surface area (Å²) in [6.07, 6.45) is -4.64. The van der Waals surface area contributed by atoms with E-state index in [1.165, 1.54) is 29.1 Å². The minimum atomic E-state index is -4.73. The van der Waals surface area contributed by atoms with Gasteiger partial charge in [-0.15, -0.1) is 24.5 Å². The van der Waals surface area contributed by atoms with Crippen LogP contribution in [-0.2, 0) is 16.0 Å². The Labute approximate surface area is 165 Å². The van der Waals surface area contributed by atoms with Gasteiger partial charge in [0.1, 0.15) is 5.75 Å². The molecule has 0 radical (unpaired) electrons. The normalized spacial score (nSPS) is 16.5. The molecule has 1 N–H and O–H groups in total. The number of benzene rings is 1. The Hall–Kier alpha value is -2.10. The topological polar surface area (TPSA) is 50.8 Å². The molecule has 28 heavy (non-hydrogen) atoms. The van der Waals surface area contributed by atoms with Gasteiger partial charge in [-0.25, -0.2) is 0 Å². The molecule has 1 aromatic carbocycles. The van der Waals surface area contributed by atoms with Gasteiger partial charge in [-0.1, -0.05) is 18.2 Å². The van der Waals surface area contributed by atoms with Crippen LogP contribution in [0.4, 0.5) is 13.2 Å². The monoisotopic (exact) mass is 414 g/mol. The zero-order valence-corrected chi connectivity index (χ0v) is 15.9. The van der Waals surface area contributed by atoms with Crippen molar-refractivity contribution >= 4 is 17.2 Å².